The van der Waals surface area contributed by atoms with Gasteiger partial charge in [-0.1, -0.05) is 15.9 Å². The van der Waals surface area contributed by atoms with Crippen molar-refractivity contribution in [3.63, 3.8) is 0 Å². The van der Waals surface area contributed by atoms with E-state index in [-0.39, 0.29) is 6.03 Å². The minimum atomic E-state index is -0.0100. The highest BCUT2D eigenvalue weighted by Gasteiger charge is 2.18. The first kappa shape index (κ1) is 15.0. The number of rotatable bonds is 4. The van der Waals surface area contributed by atoms with E-state index >= 15 is 0 Å². The number of ether oxygens (including phenoxy) is 2. The minimum absolute atomic E-state index is 0.0100. The van der Waals surface area contributed by atoms with Crippen LogP contribution in [0.5, 0.6) is 11.5 Å². The van der Waals surface area contributed by atoms with E-state index in [9.17, 15) is 4.79 Å². The number of amides is 2. The van der Waals surface area contributed by atoms with E-state index in [2.05, 4.69) is 21.2 Å². The van der Waals surface area contributed by atoms with Gasteiger partial charge in [0.2, 0.25) is 0 Å². The molecule has 1 N–H and O–H groups in total. The molecule has 0 unspecified atom stereocenters. The Morgan fingerprint density at radius 3 is 2.45 bits per heavy atom. The molecule has 0 aromatic heterocycles. The first-order chi connectivity index (χ1) is 9.65. The average molecular weight is 343 g/mol. The maximum absolute atomic E-state index is 12.0. The molecule has 1 fully saturated rings. The summed E-state index contributed by atoms with van der Waals surface area (Å²) in [6.07, 6.45) is 2.18. The Hall–Kier alpha value is -1.43. The number of nitrogens with one attached hydrogen (secondary N) is 1. The molecule has 1 aromatic carbocycles. The quantitative estimate of drug-likeness (QED) is 0.915. The summed E-state index contributed by atoms with van der Waals surface area (Å²) in [7, 11) is 3.19. The van der Waals surface area contributed by atoms with Crippen molar-refractivity contribution in [2.75, 3.05) is 27.3 Å². The predicted octanol–water partition coefficient (Wildman–Crippen LogP) is 2.77. The number of benzene rings is 1. The Morgan fingerprint density at radius 2 is 1.85 bits per heavy atom. The summed E-state index contributed by atoms with van der Waals surface area (Å²) in [5.74, 6) is 1.31. The fraction of sp³-hybridized carbons (Fsp3) is 0.500. The van der Waals surface area contributed by atoms with Crippen LogP contribution in [0.2, 0.25) is 0 Å². The van der Waals surface area contributed by atoms with E-state index in [1.165, 1.54) is 0 Å². The van der Waals surface area contributed by atoms with E-state index < -0.39 is 0 Å². The molecule has 0 bridgehead atoms. The number of halogens is 1. The third-order valence-electron chi connectivity index (χ3n) is 3.38. The summed E-state index contributed by atoms with van der Waals surface area (Å²) in [6, 6.07) is 3.70. The zero-order valence-corrected chi connectivity index (χ0v) is 13.3. The van der Waals surface area contributed by atoms with Gasteiger partial charge < -0.3 is 19.7 Å². The zero-order valence-electron chi connectivity index (χ0n) is 11.7. The number of methoxy groups -OCH3 is 2. The standard InChI is InChI=1S/C14H19BrN2O3/c1-19-12-7-10(11(15)8-13(12)20-2)9-16-14(18)17-5-3-4-6-17/h7-8H,3-6,9H2,1-2H3,(H,16,18). The molecule has 0 saturated carbocycles. The number of hydrogen-bond acceptors (Lipinski definition) is 3. The van der Waals surface area contributed by atoms with Gasteiger partial charge in [-0.2, -0.15) is 0 Å². The van der Waals surface area contributed by atoms with Crippen molar-refractivity contribution in [1.29, 1.82) is 0 Å². The van der Waals surface area contributed by atoms with E-state index in [1.54, 1.807) is 14.2 Å². The molecule has 5 nitrogen and oxygen atoms in total. The van der Waals surface area contributed by atoms with Gasteiger partial charge in [0.15, 0.2) is 11.5 Å². The van der Waals surface area contributed by atoms with Crippen LogP contribution in [0.25, 0.3) is 0 Å². The molecule has 1 aromatic rings. The summed E-state index contributed by atoms with van der Waals surface area (Å²) in [6.45, 7) is 2.15. The van der Waals surface area contributed by atoms with E-state index in [1.807, 2.05) is 17.0 Å². The average Bonchev–Trinajstić information content (AvgIpc) is 2.99. The molecular formula is C14H19BrN2O3. The molecule has 20 heavy (non-hydrogen) atoms. The number of hydrogen-bond donors (Lipinski definition) is 1. The Labute approximate surface area is 127 Å². The second-order valence-corrected chi connectivity index (χ2v) is 5.51. The van der Waals surface area contributed by atoms with Crippen molar-refractivity contribution in [1.82, 2.24) is 10.2 Å². The van der Waals surface area contributed by atoms with Crippen LogP contribution >= 0.6 is 15.9 Å². The number of carbonyl (C=O) groups is 1. The molecule has 1 heterocycles. The molecule has 1 aliphatic heterocycles. The molecule has 1 saturated heterocycles. The van der Waals surface area contributed by atoms with Gasteiger partial charge in [0, 0.05) is 24.1 Å². The Bertz CT molecular complexity index is 488. The monoisotopic (exact) mass is 342 g/mol. The second kappa shape index (κ2) is 6.83. The second-order valence-electron chi connectivity index (χ2n) is 4.65. The van der Waals surface area contributed by atoms with Crippen LogP contribution in [0.1, 0.15) is 18.4 Å². The molecule has 0 radical (unpaired) electrons. The normalized spacial score (nSPS) is 14.2. The Balaban J connectivity index is 2.03. The molecule has 110 valence electrons. The zero-order chi connectivity index (χ0) is 14.5. The van der Waals surface area contributed by atoms with Gasteiger partial charge in [0.1, 0.15) is 0 Å². The smallest absolute Gasteiger partial charge is 0.317 e. The maximum atomic E-state index is 12.0. The van der Waals surface area contributed by atoms with Crippen LogP contribution in [-0.4, -0.2) is 38.2 Å². The molecule has 2 rings (SSSR count). The Morgan fingerprint density at radius 1 is 1.25 bits per heavy atom. The predicted molar refractivity (Wildman–Crippen MR) is 80.3 cm³/mol. The summed E-state index contributed by atoms with van der Waals surface area (Å²) in [5.41, 5.74) is 0.954. The first-order valence-electron chi connectivity index (χ1n) is 6.59. The lowest BCUT2D eigenvalue weighted by Gasteiger charge is -2.17. The van der Waals surface area contributed by atoms with Crippen molar-refractivity contribution in [3.8, 4) is 11.5 Å². The van der Waals surface area contributed by atoms with Crippen LogP contribution in [0.3, 0.4) is 0 Å². The lowest BCUT2D eigenvalue weighted by Crippen LogP contribution is -2.37. The highest BCUT2D eigenvalue weighted by Crippen LogP contribution is 2.33. The van der Waals surface area contributed by atoms with Crippen molar-refractivity contribution in [3.05, 3.63) is 22.2 Å². The van der Waals surface area contributed by atoms with Gasteiger partial charge in [0.05, 0.1) is 14.2 Å². The lowest BCUT2D eigenvalue weighted by atomic mass is 10.2. The summed E-state index contributed by atoms with van der Waals surface area (Å²) in [5, 5.41) is 2.93. The fourth-order valence-electron chi connectivity index (χ4n) is 2.23. The van der Waals surface area contributed by atoms with Crippen molar-refractivity contribution >= 4 is 22.0 Å². The fourth-order valence-corrected chi connectivity index (χ4v) is 2.70. The highest BCUT2D eigenvalue weighted by molar-refractivity contribution is 9.10. The topological polar surface area (TPSA) is 50.8 Å². The molecule has 2 amide bonds. The molecule has 6 heteroatoms. The Kier molecular flexibility index (Phi) is 5.11. The molecule has 0 spiro atoms. The summed E-state index contributed by atoms with van der Waals surface area (Å²) < 4.78 is 11.4. The largest absolute Gasteiger partial charge is 0.493 e. The number of nitrogens with zero attached hydrogens (tertiary/aromatic N) is 1. The van der Waals surface area contributed by atoms with Gasteiger partial charge in [0.25, 0.3) is 0 Å². The molecule has 1 aliphatic rings. The summed E-state index contributed by atoms with van der Waals surface area (Å²) >= 11 is 3.48. The van der Waals surface area contributed by atoms with Crippen molar-refractivity contribution in [2.45, 2.75) is 19.4 Å². The minimum Gasteiger partial charge on any atom is -0.493 e. The van der Waals surface area contributed by atoms with Gasteiger partial charge in [-0.05, 0) is 30.5 Å². The molecule has 0 aliphatic carbocycles. The van der Waals surface area contributed by atoms with E-state index in [0.717, 1.165) is 36.0 Å². The van der Waals surface area contributed by atoms with Crippen LogP contribution in [0, 0.1) is 0 Å². The highest BCUT2D eigenvalue weighted by atomic mass is 79.9. The van der Waals surface area contributed by atoms with E-state index in [4.69, 9.17) is 9.47 Å². The van der Waals surface area contributed by atoms with Crippen molar-refractivity contribution < 1.29 is 14.3 Å². The van der Waals surface area contributed by atoms with Gasteiger partial charge in [-0.25, -0.2) is 4.79 Å². The van der Waals surface area contributed by atoms with Gasteiger partial charge in [-0.3, -0.25) is 0 Å². The first-order valence-corrected chi connectivity index (χ1v) is 7.38. The van der Waals surface area contributed by atoms with Gasteiger partial charge in [-0.15, -0.1) is 0 Å². The third-order valence-corrected chi connectivity index (χ3v) is 4.11. The number of carbonyl (C=O) groups excluding carboxylic acids is 1. The van der Waals surface area contributed by atoms with Crippen LogP contribution < -0.4 is 14.8 Å². The number of urea groups is 1. The maximum Gasteiger partial charge on any atom is 0.317 e. The lowest BCUT2D eigenvalue weighted by molar-refractivity contribution is 0.208. The van der Waals surface area contributed by atoms with Crippen LogP contribution in [0.15, 0.2) is 16.6 Å². The van der Waals surface area contributed by atoms with Gasteiger partial charge >= 0.3 is 6.03 Å². The van der Waals surface area contributed by atoms with Crippen molar-refractivity contribution in [2.24, 2.45) is 0 Å². The number of likely N-dealkylation sites (tertiary alicyclic amines) is 1. The SMILES string of the molecule is COc1cc(Br)c(CNC(=O)N2CCCC2)cc1OC. The summed E-state index contributed by atoms with van der Waals surface area (Å²) in [4.78, 5) is 13.8. The third kappa shape index (κ3) is 3.36. The van der Waals surface area contributed by atoms with E-state index in [0.29, 0.717) is 18.0 Å². The molecule has 0 atom stereocenters. The van der Waals surface area contributed by atoms with Crippen LogP contribution in [0.4, 0.5) is 4.79 Å². The van der Waals surface area contributed by atoms with Crippen LogP contribution in [-0.2, 0) is 6.54 Å². The molecular weight excluding hydrogens is 324 g/mol.